The third-order valence-corrected chi connectivity index (χ3v) is 3.91. The van der Waals surface area contributed by atoms with Crippen LogP contribution in [0.2, 0.25) is 5.02 Å². The van der Waals surface area contributed by atoms with Crippen molar-refractivity contribution in [2.45, 2.75) is 38.0 Å². The van der Waals surface area contributed by atoms with Gasteiger partial charge in [-0.3, -0.25) is 4.79 Å². The first-order valence-electron chi connectivity index (χ1n) is 6.51. The second kappa shape index (κ2) is 6.23. The highest BCUT2D eigenvalue weighted by molar-refractivity contribution is 6.32. The van der Waals surface area contributed by atoms with Crippen molar-refractivity contribution >= 4 is 17.3 Å². The second-order valence-electron chi connectivity index (χ2n) is 5.07. The van der Waals surface area contributed by atoms with E-state index in [4.69, 9.17) is 11.6 Å². The summed E-state index contributed by atoms with van der Waals surface area (Å²) in [6.07, 6.45) is -0.846. The lowest BCUT2D eigenvalue weighted by atomic mass is 10.1. The Bertz CT molecular complexity index is 562. The third kappa shape index (κ3) is 3.88. The van der Waals surface area contributed by atoms with Gasteiger partial charge in [0.05, 0.1) is 11.9 Å². The van der Waals surface area contributed by atoms with Gasteiger partial charge in [0.15, 0.2) is 0 Å². The summed E-state index contributed by atoms with van der Waals surface area (Å²) in [7, 11) is 0. The molecule has 1 heterocycles. The van der Waals surface area contributed by atoms with Crippen LogP contribution in [0.25, 0.3) is 0 Å². The summed E-state index contributed by atoms with van der Waals surface area (Å²) in [5.74, 6) is 0.0404. The van der Waals surface area contributed by atoms with E-state index in [2.05, 4.69) is 10.4 Å². The number of aromatic nitrogens is 2. The van der Waals surface area contributed by atoms with E-state index in [1.165, 1.54) is 0 Å². The fourth-order valence-corrected chi connectivity index (χ4v) is 2.69. The molecule has 1 fully saturated rings. The Morgan fingerprint density at radius 3 is 2.81 bits per heavy atom. The van der Waals surface area contributed by atoms with Gasteiger partial charge in [0.2, 0.25) is 0 Å². The number of hydrogen-bond acceptors (Lipinski definition) is 4. The van der Waals surface area contributed by atoms with E-state index in [0.717, 1.165) is 25.5 Å². The number of halogens is 4. The fraction of sp³-hybridized carbons (Fsp3) is 0.667. The molecular formula is C12H15ClF3N3O2. The molecule has 21 heavy (non-hydrogen) atoms. The molecular weight excluding hydrogens is 311 g/mol. The highest BCUT2D eigenvalue weighted by Crippen LogP contribution is 2.29. The van der Waals surface area contributed by atoms with Crippen molar-refractivity contribution in [1.29, 1.82) is 0 Å². The van der Waals surface area contributed by atoms with E-state index < -0.39 is 18.3 Å². The van der Waals surface area contributed by atoms with Crippen molar-refractivity contribution in [3.63, 3.8) is 0 Å². The van der Waals surface area contributed by atoms with E-state index in [0.29, 0.717) is 0 Å². The topological polar surface area (TPSA) is 67.2 Å². The molecule has 118 valence electrons. The first kappa shape index (κ1) is 16.1. The maximum absolute atomic E-state index is 12.3. The fourth-order valence-electron chi connectivity index (χ4n) is 2.49. The minimum atomic E-state index is -4.54. The lowest BCUT2D eigenvalue weighted by molar-refractivity contribution is -0.143. The van der Waals surface area contributed by atoms with Crippen molar-refractivity contribution < 1.29 is 18.3 Å². The van der Waals surface area contributed by atoms with Crippen LogP contribution in [0.1, 0.15) is 19.3 Å². The summed E-state index contributed by atoms with van der Waals surface area (Å²) in [4.78, 5) is 11.8. The number of alkyl halides is 3. The van der Waals surface area contributed by atoms with Gasteiger partial charge in [0, 0.05) is 18.6 Å². The van der Waals surface area contributed by atoms with Gasteiger partial charge >= 0.3 is 6.18 Å². The number of nitrogens with zero attached hydrogens (tertiary/aromatic N) is 2. The average molecular weight is 326 g/mol. The lowest BCUT2D eigenvalue weighted by Gasteiger charge is -2.21. The van der Waals surface area contributed by atoms with Gasteiger partial charge < -0.3 is 10.4 Å². The molecule has 0 radical (unpaired) electrons. The van der Waals surface area contributed by atoms with E-state index >= 15 is 0 Å². The van der Waals surface area contributed by atoms with Gasteiger partial charge in [-0.1, -0.05) is 18.0 Å². The molecule has 0 spiro atoms. The van der Waals surface area contributed by atoms with Gasteiger partial charge in [-0.15, -0.1) is 0 Å². The summed E-state index contributed by atoms with van der Waals surface area (Å²) < 4.78 is 37.2. The van der Waals surface area contributed by atoms with Crippen LogP contribution in [0.3, 0.4) is 0 Å². The van der Waals surface area contributed by atoms with Crippen LogP contribution >= 0.6 is 11.6 Å². The molecule has 9 heteroatoms. The second-order valence-corrected chi connectivity index (χ2v) is 5.45. The van der Waals surface area contributed by atoms with Crippen LogP contribution in [0.4, 0.5) is 18.9 Å². The van der Waals surface area contributed by atoms with Crippen molar-refractivity contribution in [3.8, 4) is 0 Å². The van der Waals surface area contributed by atoms with Gasteiger partial charge in [-0.2, -0.15) is 18.3 Å². The molecule has 0 aliphatic heterocycles. The molecule has 0 aromatic carbocycles. The summed E-state index contributed by atoms with van der Waals surface area (Å²) in [6, 6.07) is -0.0628. The lowest BCUT2D eigenvalue weighted by Crippen LogP contribution is -2.32. The largest absolute Gasteiger partial charge is 0.408 e. The zero-order valence-corrected chi connectivity index (χ0v) is 11.8. The molecule has 1 aliphatic carbocycles. The van der Waals surface area contributed by atoms with Crippen LogP contribution in [0.5, 0.6) is 0 Å². The standard InChI is InChI=1S/C12H15ClF3N3O2/c13-10-9(18-8-3-1-2-7(8)5-20)4-17-19(11(10)21)6-12(14,15)16/h4,7-8,18,20H,1-3,5-6H2. The Morgan fingerprint density at radius 1 is 1.48 bits per heavy atom. The minimum absolute atomic E-state index is 0.00779. The highest BCUT2D eigenvalue weighted by Gasteiger charge is 2.31. The number of aliphatic hydroxyl groups is 1. The molecule has 1 aliphatic rings. The van der Waals surface area contributed by atoms with Gasteiger partial charge in [0.1, 0.15) is 11.6 Å². The van der Waals surface area contributed by atoms with Crippen molar-refractivity contribution in [1.82, 2.24) is 9.78 Å². The van der Waals surface area contributed by atoms with E-state index in [1.807, 2.05) is 0 Å². The predicted molar refractivity (Wildman–Crippen MR) is 71.4 cm³/mol. The van der Waals surface area contributed by atoms with Crippen molar-refractivity contribution in [2.75, 3.05) is 11.9 Å². The first-order chi connectivity index (χ1) is 9.81. The van der Waals surface area contributed by atoms with Gasteiger partial charge in [-0.25, -0.2) is 4.68 Å². The molecule has 1 aromatic heterocycles. The Hall–Kier alpha value is -1.28. The summed E-state index contributed by atoms with van der Waals surface area (Å²) in [6.45, 7) is -1.47. The number of rotatable bonds is 4. The maximum Gasteiger partial charge on any atom is 0.408 e. The zero-order valence-electron chi connectivity index (χ0n) is 11.0. The molecule has 1 aromatic rings. The molecule has 0 amide bonds. The highest BCUT2D eigenvalue weighted by atomic mass is 35.5. The molecule has 2 rings (SSSR count). The Labute approximate surface area is 123 Å². The van der Waals surface area contributed by atoms with Crippen molar-refractivity contribution in [3.05, 3.63) is 21.6 Å². The smallest absolute Gasteiger partial charge is 0.396 e. The first-order valence-corrected chi connectivity index (χ1v) is 6.89. The molecule has 2 atom stereocenters. The Morgan fingerprint density at radius 2 is 2.19 bits per heavy atom. The van der Waals surface area contributed by atoms with E-state index in [9.17, 15) is 23.1 Å². The number of hydrogen-bond donors (Lipinski definition) is 2. The number of anilines is 1. The molecule has 0 bridgehead atoms. The summed E-state index contributed by atoms with van der Waals surface area (Å²) >= 11 is 5.83. The molecule has 0 saturated heterocycles. The van der Waals surface area contributed by atoms with Crippen LogP contribution in [-0.4, -0.2) is 33.7 Å². The van der Waals surface area contributed by atoms with Crippen LogP contribution in [-0.2, 0) is 6.54 Å². The summed E-state index contributed by atoms with van der Waals surface area (Å²) in [5.41, 5.74) is -0.789. The normalized spacial score (nSPS) is 22.5. The molecule has 1 saturated carbocycles. The van der Waals surface area contributed by atoms with Crippen LogP contribution in [0.15, 0.2) is 11.0 Å². The van der Waals surface area contributed by atoms with Crippen LogP contribution < -0.4 is 10.9 Å². The number of nitrogens with one attached hydrogen (secondary N) is 1. The average Bonchev–Trinajstić information content (AvgIpc) is 2.84. The number of aliphatic hydroxyl groups excluding tert-OH is 1. The maximum atomic E-state index is 12.3. The SMILES string of the molecule is O=c1c(Cl)c(NC2CCCC2CO)cnn1CC(F)(F)F. The molecule has 5 nitrogen and oxygen atoms in total. The summed E-state index contributed by atoms with van der Waals surface area (Å²) in [5, 5.41) is 15.4. The quantitative estimate of drug-likeness (QED) is 0.889. The molecule has 2 N–H and O–H groups in total. The van der Waals surface area contributed by atoms with Crippen LogP contribution in [0, 0.1) is 5.92 Å². The van der Waals surface area contributed by atoms with E-state index in [-0.39, 0.29) is 34.0 Å². The zero-order chi connectivity index (χ0) is 15.6. The van der Waals surface area contributed by atoms with Gasteiger partial charge in [-0.05, 0) is 12.8 Å². The Kier molecular flexibility index (Phi) is 4.77. The van der Waals surface area contributed by atoms with Crippen molar-refractivity contribution in [2.24, 2.45) is 5.92 Å². The van der Waals surface area contributed by atoms with E-state index in [1.54, 1.807) is 0 Å². The minimum Gasteiger partial charge on any atom is -0.396 e. The Balaban J connectivity index is 2.19. The predicted octanol–water partition coefficient (Wildman–Crippen LogP) is 2.03. The monoisotopic (exact) mass is 325 g/mol. The van der Waals surface area contributed by atoms with Gasteiger partial charge in [0.25, 0.3) is 5.56 Å². The third-order valence-electron chi connectivity index (χ3n) is 3.55. The molecule has 2 unspecified atom stereocenters.